The first kappa shape index (κ1) is 24.8. The number of amides is 2. The summed E-state index contributed by atoms with van der Waals surface area (Å²) >= 11 is 0. The number of unbranched alkanes of at least 4 members (excludes halogenated alkanes) is 2. The molecule has 186 valence electrons. The van der Waals surface area contributed by atoms with E-state index in [2.05, 4.69) is 28.7 Å². The average molecular weight is 476 g/mol. The van der Waals surface area contributed by atoms with E-state index >= 15 is 0 Å². The van der Waals surface area contributed by atoms with Crippen LogP contribution in [0.2, 0.25) is 0 Å². The van der Waals surface area contributed by atoms with E-state index in [1.165, 1.54) is 6.42 Å². The predicted octanol–water partition coefficient (Wildman–Crippen LogP) is 5.17. The van der Waals surface area contributed by atoms with Crippen molar-refractivity contribution >= 4 is 28.8 Å². The highest BCUT2D eigenvalue weighted by Crippen LogP contribution is 2.27. The minimum absolute atomic E-state index is 0.0217. The fourth-order valence-electron chi connectivity index (χ4n) is 4.99. The molecule has 2 N–H and O–H groups in total. The molecule has 1 aliphatic carbocycles. The summed E-state index contributed by atoms with van der Waals surface area (Å²) in [6, 6.07) is 5.98. The maximum atomic E-state index is 13.5. The first-order valence-corrected chi connectivity index (χ1v) is 13.0. The van der Waals surface area contributed by atoms with Crippen LogP contribution in [0.5, 0.6) is 0 Å². The molecule has 0 saturated heterocycles. The van der Waals surface area contributed by atoms with E-state index in [9.17, 15) is 9.59 Å². The van der Waals surface area contributed by atoms with Gasteiger partial charge in [-0.25, -0.2) is 4.98 Å². The Hall–Kier alpha value is -3.35. The van der Waals surface area contributed by atoms with Gasteiger partial charge in [-0.2, -0.15) is 0 Å². The van der Waals surface area contributed by atoms with Gasteiger partial charge in [-0.05, 0) is 37.5 Å². The largest absolute Gasteiger partial charge is 0.387 e. The fraction of sp³-hybridized carbons (Fsp3) is 0.464. The third-order valence-corrected chi connectivity index (χ3v) is 6.86. The number of benzene rings is 1. The predicted molar refractivity (Wildman–Crippen MR) is 141 cm³/mol. The van der Waals surface area contributed by atoms with Gasteiger partial charge in [0, 0.05) is 37.4 Å². The Kier molecular flexibility index (Phi) is 8.40. The Morgan fingerprint density at radius 1 is 1.26 bits per heavy atom. The van der Waals surface area contributed by atoms with Crippen LogP contribution in [-0.2, 0) is 11.3 Å². The maximum Gasteiger partial charge on any atom is 0.259 e. The molecule has 2 aliphatic rings. The summed E-state index contributed by atoms with van der Waals surface area (Å²) in [7, 11) is 0. The second-order valence-electron chi connectivity index (χ2n) is 9.40. The van der Waals surface area contributed by atoms with Crippen molar-refractivity contribution in [3.8, 4) is 0 Å². The van der Waals surface area contributed by atoms with Crippen molar-refractivity contribution < 1.29 is 9.59 Å². The summed E-state index contributed by atoms with van der Waals surface area (Å²) in [5.41, 5.74) is 2.83. The Morgan fingerprint density at radius 3 is 2.80 bits per heavy atom. The van der Waals surface area contributed by atoms with E-state index in [1.807, 2.05) is 41.3 Å². The standard InChI is InChI=1S/C28H37N5O2/c1-3-5-9-18-33-25-15-14-21(27(35)32(17-4-2)23-12-7-6-8-13-23)19-24(25)30-28(33)31-26(34)22-11-10-16-29-20-22/h4,10-11,14-15,19-20,23,29H,2-3,5-9,12-13,16-18H2,1H3,(H,30,31,34). The Bertz CT molecular complexity index is 1120. The molecule has 1 aromatic heterocycles. The number of carbonyl (C=O) groups is 2. The highest BCUT2D eigenvalue weighted by atomic mass is 16.2. The van der Waals surface area contributed by atoms with Crippen molar-refractivity contribution in [3.63, 3.8) is 0 Å². The van der Waals surface area contributed by atoms with Crippen LogP contribution in [0.25, 0.3) is 11.0 Å². The Balaban J connectivity index is 1.63. The van der Waals surface area contributed by atoms with Gasteiger partial charge >= 0.3 is 0 Å². The smallest absolute Gasteiger partial charge is 0.259 e. The van der Waals surface area contributed by atoms with E-state index in [1.54, 1.807) is 6.20 Å². The number of carbonyl (C=O) groups excluding carboxylic acids is 2. The topological polar surface area (TPSA) is 79.3 Å². The number of nitrogens with one attached hydrogen (secondary N) is 2. The minimum Gasteiger partial charge on any atom is -0.387 e. The van der Waals surface area contributed by atoms with Crippen LogP contribution in [0.4, 0.5) is 5.95 Å². The molecule has 2 aromatic rings. The monoisotopic (exact) mass is 475 g/mol. The number of hydrogen-bond donors (Lipinski definition) is 2. The molecule has 7 heteroatoms. The van der Waals surface area contributed by atoms with E-state index in [0.29, 0.717) is 30.2 Å². The lowest BCUT2D eigenvalue weighted by atomic mass is 9.93. The van der Waals surface area contributed by atoms with Gasteiger partial charge < -0.3 is 14.8 Å². The van der Waals surface area contributed by atoms with Gasteiger partial charge in [0.25, 0.3) is 11.8 Å². The quantitative estimate of drug-likeness (QED) is 0.367. The van der Waals surface area contributed by atoms with Crippen LogP contribution in [0.3, 0.4) is 0 Å². The van der Waals surface area contributed by atoms with Crippen molar-refractivity contribution in [3.05, 3.63) is 60.3 Å². The third-order valence-electron chi connectivity index (χ3n) is 6.86. The molecule has 1 saturated carbocycles. The van der Waals surface area contributed by atoms with Crippen molar-refractivity contribution in [2.75, 3.05) is 18.4 Å². The number of aromatic nitrogens is 2. The van der Waals surface area contributed by atoms with Crippen LogP contribution in [0.1, 0.15) is 68.6 Å². The normalized spacial score (nSPS) is 16.0. The van der Waals surface area contributed by atoms with Crippen LogP contribution in [0, 0.1) is 0 Å². The zero-order valence-electron chi connectivity index (χ0n) is 20.8. The van der Waals surface area contributed by atoms with E-state index in [4.69, 9.17) is 4.98 Å². The van der Waals surface area contributed by atoms with Crippen LogP contribution in [-0.4, -0.2) is 45.4 Å². The lowest BCUT2D eigenvalue weighted by Gasteiger charge is -2.33. The molecule has 7 nitrogen and oxygen atoms in total. The minimum atomic E-state index is -0.203. The lowest BCUT2D eigenvalue weighted by molar-refractivity contribution is -0.112. The number of hydrogen-bond acceptors (Lipinski definition) is 4. The summed E-state index contributed by atoms with van der Waals surface area (Å²) in [6.45, 7) is 8.06. The zero-order chi connectivity index (χ0) is 24.6. The summed E-state index contributed by atoms with van der Waals surface area (Å²) < 4.78 is 2.06. The van der Waals surface area contributed by atoms with Crippen molar-refractivity contribution in [1.29, 1.82) is 0 Å². The molecule has 0 radical (unpaired) electrons. The number of fused-ring (bicyclic) bond motifs is 1. The molecular formula is C28H37N5O2. The van der Waals surface area contributed by atoms with Gasteiger partial charge in [-0.15, -0.1) is 6.58 Å². The molecule has 2 amide bonds. The second kappa shape index (κ2) is 11.9. The van der Waals surface area contributed by atoms with Gasteiger partial charge in [0.2, 0.25) is 5.95 Å². The van der Waals surface area contributed by atoms with Gasteiger partial charge in [0.05, 0.1) is 16.6 Å². The number of anilines is 1. The third kappa shape index (κ3) is 5.84. The Labute approximate surface area is 208 Å². The average Bonchev–Trinajstić information content (AvgIpc) is 3.24. The number of dihydropyridines is 1. The SMILES string of the molecule is C=CCN(C(=O)c1ccc2c(c1)nc(NC(=O)C1=CNCC=C1)n2CCCCC)C1CCCCC1. The number of aryl methyl sites for hydroxylation is 1. The highest BCUT2D eigenvalue weighted by Gasteiger charge is 2.26. The molecule has 0 spiro atoms. The summed E-state index contributed by atoms with van der Waals surface area (Å²) in [5.74, 6) is 0.334. The molecule has 1 aliphatic heterocycles. The van der Waals surface area contributed by atoms with Gasteiger partial charge in [0.1, 0.15) is 0 Å². The summed E-state index contributed by atoms with van der Waals surface area (Å²) in [5, 5.41) is 6.05. The fourth-order valence-corrected chi connectivity index (χ4v) is 4.99. The lowest BCUT2D eigenvalue weighted by Crippen LogP contribution is -2.41. The number of nitrogens with zero attached hydrogens (tertiary/aromatic N) is 3. The molecule has 0 atom stereocenters. The first-order valence-electron chi connectivity index (χ1n) is 13.0. The molecule has 0 unspecified atom stereocenters. The molecule has 1 fully saturated rings. The summed E-state index contributed by atoms with van der Waals surface area (Å²) in [6.07, 6.45) is 16.1. The maximum absolute atomic E-state index is 13.5. The van der Waals surface area contributed by atoms with Crippen LogP contribution >= 0.6 is 0 Å². The summed E-state index contributed by atoms with van der Waals surface area (Å²) in [4.78, 5) is 33.1. The second-order valence-corrected chi connectivity index (χ2v) is 9.40. The van der Waals surface area contributed by atoms with E-state index in [-0.39, 0.29) is 17.9 Å². The molecule has 1 aromatic carbocycles. The van der Waals surface area contributed by atoms with E-state index < -0.39 is 0 Å². The molecule has 35 heavy (non-hydrogen) atoms. The van der Waals surface area contributed by atoms with Gasteiger partial charge in [-0.3, -0.25) is 14.9 Å². The molecule has 0 bridgehead atoms. The van der Waals surface area contributed by atoms with Crippen LogP contribution in [0.15, 0.2) is 54.8 Å². The number of imidazole rings is 1. The van der Waals surface area contributed by atoms with Crippen molar-refractivity contribution in [2.45, 2.75) is 70.9 Å². The number of rotatable bonds is 10. The Morgan fingerprint density at radius 2 is 2.09 bits per heavy atom. The molecule has 4 rings (SSSR count). The van der Waals surface area contributed by atoms with Gasteiger partial charge in [0.15, 0.2) is 0 Å². The van der Waals surface area contributed by atoms with E-state index in [0.717, 1.165) is 62.5 Å². The van der Waals surface area contributed by atoms with Crippen molar-refractivity contribution in [1.82, 2.24) is 19.8 Å². The highest BCUT2D eigenvalue weighted by molar-refractivity contribution is 6.06. The molecule has 2 heterocycles. The van der Waals surface area contributed by atoms with Gasteiger partial charge in [-0.1, -0.05) is 57.3 Å². The van der Waals surface area contributed by atoms with Crippen molar-refractivity contribution in [2.24, 2.45) is 0 Å². The van der Waals surface area contributed by atoms with Crippen LogP contribution < -0.4 is 10.6 Å². The molecular weight excluding hydrogens is 438 g/mol. The zero-order valence-corrected chi connectivity index (χ0v) is 20.8. The first-order chi connectivity index (χ1) is 17.1.